The Kier molecular flexibility index (Phi) is 4.10. The highest BCUT2D eigenvalue weighted by molar-refractivity contribution is 7.99. The molecule has 3 rings (SSSR count). The predicted octanol–water partition coefficient (Wildman–Crippen LogP) is 3.37. The minimum atomic E-state index is -0.287. The monoisotopic (exact) mass is 323 g/mol. The summed E-state index contributed by atoms with van der Waals surface area (Å²) in [7, 11) is 0. The van der Waals surface area contributed by atoms with Gasteiger partial charge in [-0.1, -0.05) is 11.6 Å². The summed E-state index contributed by atoms with van der Waals surface area (Å²) in [6, 6.07) is 7.91. The van der Waals surface area contributed by atoms with Crippen molar-refractivity contribution in [2.45, 2.75) is 16.6 Å². The van der Waals surface area contributed by atoms with Gasteiger partial charge >= 0.3 is 0 Å². The molecule has 0 spiro atoms. The molecule has 21 heavy (non-hydrogen) atoms. The fourth-order valence-corrected chi connectivity index (χ4v) is 2.98. The molecule has 4 nitrogen and oxygen atoms in total. The van der Waals surface area contributed by atoms with Crippen molar-refractivity contribution < 1.29 is 9.50 Å². The fraction of sp³-hybridized carbons (Fsp3) is 0.143. The molecule has 108 valence electrons. The van der Waals surface area contributed by atoms with Gasteiger partial charge in [-0.3, -0.25) is 0 Å². The molecule has 0 unspecified atom stereocenters. The minimum Gasteiger partial charge on any atom is -0.395 e. The van der Waals surface area contributed by atoms with Gasteiger partial charge in [0.2, 0.25) is 0 Å². The van der Waals surface area contributed by atoms with Gasteiger partial charge in [0.25, 0.3) is 0 Å². The number of aliphatic hydroxyl groups is 1. The predicted molar refractivity (Wildman–Crippen MR) is 80.1 cm³/mol. The van der Waals surface area contributed by atoms with Gasteiger partial charge in [-0.2, -0.15) is 0 Å². The SMILES string of the molecule is OCCn1ccc2c(Cl)nc(Sc3ccc(F)cc3)nc21. The first-order valence-corrected chi connectivity index (χ1v) is 7.43. The molecule has 0 radical (unpaired) electrons. The van der Waals surface area contributed by atoms with Crippen LogP contribution >= 0.6 is 23.4 Å². The minimum absolute atomic E-state index is 0.0197. The van der Waals surface area contributed by atoms with E-state index in [0.717, 1.165) is 10.3 Å². The van der Waals surface area contributed by atoms with Crippen LogP contribution < -0.4 is 0 Å². The third-order valence-electron chi connectivity index (χ3n) is 2.92. The van der Waals surface area contributed by atoms with E-state index < -0.39 is 0 Å². The highest BCUT2D eigenvalue weighted by Gasteiger charge is 2.11. The summed E-state index contributed by atoms with van der Waals surface area (Å²) in [5.74, 6) is -0.287. The zero-order valence-corrected chi connectivity index (χ0v) is 12.4. The van der Waals surface area contributed by atoms with Gasteiger partial charge < -0.3 is 9.67 Å². The molecule has 0 amide bonds. The van der Waals surface area contributed by atoms with Crippen molar-refractivity contribution in [3.63, 3.8) is 0 Å². The molecular weight excluding hydrogens is 313 g/mol. The maximum Gasteiger partial charge on any atom is 0.195 e. The molecule has 0 bridgehead atoms. The number of aromatic nitrogens is 3. The lowest BCUT2D eigenvalue weighted by Crippen LogP contribution is -2.02. The lowest BCUT2D eigenvalue weighted by Gasteiger charge is -2.05. The quantitative estimate of drug-likeness (QED) is 0.591. The molecule has 0 saturated carbocycles. The number of hydrogen-bond donors (Lipinski definition) is 1. The van der Waals surface area contributed by atoms with Gasteiger partial charge in [-0.05, 0) is 42.1 Å². The third kappa shape index (κ3) is 3.02. The van der Waals surface area contributed by atoms with E-state index in [1.54, 1.807) is 12.1 Å². The normalized spacial score (nSPS) is 11.2. The number of fused-ring (bicyclic) bond motifs is 1. The third-order valence-corrected chi connectivity index (χ3v) is 4.08. The van der Waals surface area contributed by atoms with Crippen molar-refractivity contribution in [3.05, 3.63) is 47.5 Å². The summed E-state index contributed by atoms with van der Waals surface area (Å²) in [6.07, 6.45) is 1.81. The average molecular weight is 324 g/mol. The Morgan fingerprint density at radius 1 is 1.19 bits per heavy atom. The molecule has 2 aromatic heterocycles. The summed E-state index contributed by atoms with van der Waals surface area (Å²) < 4.78 is 14.7. The Bertz CT molecular complexity index is 776. The lowest BCUT2D eigenvalue weighted by atomic mass is 10.4. The lowest BCUT2D eigenvalue weighted by molar-refractivity contribution is 0.278. The Hall–Kier alpha value is -1.63. The molecular formula is C14H11ClFN3OS. The Labute approximate surface area is 129 Å². The molecule has 0 aliphatic rings. The zero-order valence-electron chi connectivity index (χ0n) is 10.8. The van der Waals surface area contributed by atoms with Crippen molar-refractivity contribution in [2.75, 3.05) is 6.61 Å². The van der Waals surface area contributed by atoms with Crippen molar-refractivity contribution in [1.82, 2.24) is 14.5 Å². The van der Waals surface area contributed by atoms with Gasteiger partial charge in [0, 0.05) is 17.6 Å². The van der Waals surface area contributed by atoms with Crippen LogP contribution in [0.3, 0.4) is 0 Å². The smallest absolute Gasteiger partial charge is 0.195 e. The van der Waals surface area contributed by atoms with Crippen LogP contribution in [0.25, 0.3) is 11.0 Å². The highest BCUT2D eigenvalue weighted by Crippen LogP contribution is 2.29. The van der Waals surface area contributed by atoms with Crippen LogP contribution in [-0.2, 0) is 6.54 Å². The Balaban J connectivity index is 1.98. The van der Waals surface area contributed by atoms with Crippen molar-refractivity contribution in [1.29, 1.82) is 0 Å². The van der Waals surface area contributed by atoms with E-state index >= 15 is 0 Å². The van der Waals surface area contributed by atoms with E-state index in [1.807, 2.05) is 16.8 Å². The van der Waals surface area contributed by atoms with E-state index in [4.69, 9.17) is 16.7 Å². The first kappa shape index (κ1) is 14.3. The molecule has 1 aromatic carbocycles. The number of halogens is 2. The first-order chi connectivity index (χ1) is 10.2. The number of hydrogen-bond acceptors (Lipinski definition) is 4. The molecule has 0 aliphatic heterocycles. The molecule has 7 heteroatoms. The second kappa shape index (κ2) is 6.01. The molecule has 1 N–H and O–H groups in total. The summed E-state index contributed by atoms with van der Waals surface area (Å²) >= 11 is 7.47. The van der Waals surface area contributed by atoms with Crippen molar-refractivity contribution in [3.8, 4) is 0 Å². The molecule has 0 fully saturated rings. The highest BCUT2D eigenvalue weighted by atomic mass is 35.5. The van der Waals surface area contributed by atoms with Crippen LogP contribution in [0.2, 0.25) is 5.15 Å². The van der Waals surface area contributed by atoms with E-state index in [9.17, 15) is 4.39 Å². The Morgan fingerprint density at radius 2 is 1.95 bits per heavy atom. The van der Waals surface area contributed by atoms with Gasteiger partial charge in [0.1, 0.15) is 16.6 Å². The number of nitrogens with zero attached hydrogens (tertiary/aromatic N) is 3. The van der Waals surface area contributed by atoms with Gasteiger partial charge in [0.15, 0.2) is 5.16 Å². The van der Waals surface area contributed by atoms with Crippen LogP contribution in [0.5, 0.6) is 0 Å². The van der Waals surface area contributed by atoms with Crippen molar-refractivity contribution >= 4 is 34.4 Å². The van der Waals surface area contributed by atoms with Crippen LogP contribution in [0.1, 0.15) is 0 Å². The molecule has 0 atom stereocenters. The van der Waals surface area contributed by atoms with Gasteiger partial charge in [0.05, 0.1) is 12.0 Å². The first-order valence-electron chi connectivity index (χ1n) is 6.24. The summed E-state index contributed by atoms with van der Waals surface area (Å²) in [6.45, 7) is 0.462. The second-order valence-electron chi connectivity index (χ2n) is 4.32. The molecule has 3 aromatic rings. The number of benzene rings is 1. The number of aliphatic hydroxyl groups excluding tert-OH is 1. The van der Waals surface area contributed by atoms with Gasteiger partial charge in [-0.15, -0.1) is 0 Å². The van der Waals surface area contributed by atoms with Crippen molar-refractivity contribution in [2.24, 2.45) is 0 Å². The maximum atomic E-state index is 12.9. The average Bonchev–Trinajstić information content (AvgIpc) is 2.86. The second-order valence-corrected chi connectivity index (χ2v) is 5.72. The Morgan fingerprint density at radius 3 is 2.67 bits per heavy atom. The molecule has 0 saturated heterocycles. The topological polar surface area (TPSA) is 50.9 Å². The van der Waals surface area contributed by atoms with Crippen LogP contribution in [0.15, 0.2) is 46.6 Å². The van der Waals surface area contributed by atoms with E-state index in [1.165, 1.54) is 23.9 Å². The van der Waals surface area contributed by atoms with E-state index in [2.05, 4.69) is 9.97 Å². The summed E-state index contributed by atoms with van der Waals surface area (Å²) in [4.78, 5) is 9.52. The van der Waals surface area contributed by atoms with Crippen LogP contribution in [0.4, 0.5) is 4.39 Å². The zero-order chi connectivity index (χ0) is 14.8. The maximum absolute atomic E-state index is 12.9. The number of rotatable bonds is 4. The summed E-state index contributed by atoms with van der Waals surface area (Å²) in [5, 5.41) is 10.6. The molecule has 0 aliphatic carbocycles. The van der Waals surface area contributed by atoms with E-state index in [0.29, 0.717) is 22.5 Å². The van der Waals surface area contributed by atoms with Crippen LogP contribution in [-0.4, -0.2) is 26.2 Å². The van der Waals surface area contributed by atoms with Gasteiger partial charge in [-0.25, -0.2) is 14.4 Å². The largest absolute Gasteiger partial charge is 0.395 e. The standard InChI is InChI=1S/C14H11ClFN3OS/c15-12-11-5-6-19(7-8-20)13(11)18-14(17-12)21-10-3-1-9(16)2-4-10/h1-6,20H,7-8H2. The van der Waals surface area contributed by atoms with E-state index in [-0.39, 0.29) is 12.4 Å². The fourth-order valence-electron chi connectivity index (χ4n) is 1.95. The van der Waals surface area contributed by atoms with Crippen LogP contribution in [0, 0.1) is 5.82 Å². The summed E-state index contributed by atoms with van der Waals surface area (Å²) in [5.41, 5.74) is 0.675. The molecule has 2 heterocycles.